The van der Waals surface area contributed by atoms with Crippen LogP contribution in [0.5, 0.6) is 0 Å². The van der Waals surface area contributed by atoms with E-state index < -0.39 is 21.2 Å². The molecule has 0 heterocycles. The van der Waals surface area contributed by atoms with Gasteiger partial charge in [-0.05, 0) is 0 Å². The summed E-state index contributed by atoms with van der Waals surface area (Å²) in [5.41, 5.74) is 1.58. The van der Waals surface area contributed by atoms with Crippen molar-refractivity contribution in [2.75, 3.05) is 0 Å². The molecule has 0 bridgehead atoms. The van der Waals surface area contributed by atoms with Gasteiger partial charge in [-0.2, -0.15) is 0 Å². The van der Waals surface area contributed by atoms with E-state index in [4.69, 9.17) is 0 Å². The monoisotopic (exact) mass is 484 g/mol. The maximum atomic E-state index is 2.37. The van der Waals surface area contributed by atoms with Crippen molar-refractivity contribution >= 4 is 21.2 Å². The molecule has 0 saturated heterocycles. The van der Waals surface area contributed by atoms with E-state index in [-0.39, 0.29) is 0 Å². The number of benzene rings is 1. The van der Waals surface area contributed by atoms with E-state index in [9.17, 15) is 0 Å². The van der Waals surface area contributed by atoms with Gasteiger partial charge in [-0.15, -0.1) is 0 Å². The summed E-state index contributed by atoms with van der Waals surface area (Å²) in [4.78, 5) is 0. The van der Waals surface area contributed by atoms with Gasteiger partial charge in [0.05, 0.1) is 0 Å². The van der Waals surface area contributed by atoms with Crippen LogP contribution in [0, 0.1) is 0 Å². The van der Waals surface area contributed by atoms with E-state index >= 15 is 0 Å². The number of hydrogen-bond acceptors (Lipinski definition) is 0. The van der Waals surface area contributed by atoms with Gasteiger partial charge in [-0.25, -0.2) is 0 Å². The molecule has 1 heteroatoms. The molecule has 1 rings (SSSR count). The van der Waals surface area contributed by atoms with Gasteiger partial charge in [-0.3, -0.25) is 0 Å². The number of rotatable bonds is 12. The van der Waals surface area contributed by atoms with Gasteiger partial charge < -0.3 is 0 Å². The first-order valence-corrected chi connectivity index (χ1v) is 20.3. The van der Waals surface area contributed by atoms with Crippen LogP contribution in [-0.2, 0) is 6.42 Å². The van der Waals surface area contributed by atoms with Crippen LogP contribution in [0.15, 0.2) is 30.3 Å². The van der Waals surface area contributed by atoms with Crippen molar-refractivity contribution in [1.82, 2.24) is 0 Å². The van der Waals surface area contributed by atoms with Crippen LogP contribution < -0.4 is 0 Å². The standard InChI is InChI=1S/C8H9.3C4H9.Pb/c1-2-8-6-4-3-5-7-8;3*1-3-4-2;/h3-7H,1-2H2;3*1,3-4H2,2H3;. The Labute approximate surface area is 138 Å². The fourth-order valence-electron chi connectivity index (χ4n) is 3.46. The molecule has 0 radical (unpaired) electrons. The summed E-state index contributed by atoms with van der Waals surface area (Å²) < 4.78 is 6.60. The van der Waals surface area contributed by atoms with Gasteiger partial charge in [0, 0.05) is 0 Å². The van der Waals surface area contributed by atoms with Crippen LogP contribution >= 0.6 is 0 Å². The van der Waals surface area contributed by atoms with E-state index in [0.717, 1.165) is 0 Å². The van der Waals surface area contributed by atoms with E-state index in [2.05, 4.69) is 51.1 Å². The molecular formula is C20H36Pb. The average Bonchev–Trinajstić information content (AvgIpc) is 2.54. The summed E-state index contributed by atoms with van der Waals surface area (Å²) in [6.45, 7) is 7.11. The molecule has 120 valence electrons. The molecule has 0 amide bonds. The fraction of sp³-hybridized carbons (Fsp3) is 0.700. The summed E-state index contributed by atoms with van der Waals surface area (Å²) in [5, 5.41) is 0. The first-order valence-electron chi connectivity index (χ1n) is 9.30. The van der Waals surface area contributed by atoms with Gasteiger partial charge in [-0.1, -0.05) is 0 Å². The zero-order valence-corrected chi connectivity index (χ0v) is 18.6. The number of aryl methyl sites for hydroxylation is 1. The van der Waals surface area contributed by atoms with Crippen molar-refractivity contribution in [2.24, 2.45) is 0 Å². The minimum absolute atomic E-state index is 1.36. The van der Waals surface area contributed by atoms with Crippen LogP contribution in [0.3, 0.4) is 0 Å². The summed E-state index contributed by atoms with van der Waals surface area (Å²) in [6.07, 6.45) is 10.1. The van der Waals surface area contributed by atoms with Crippen LogP contribution in [0.1, 0.15) is 64.9 Å². The molecule has 0 unspecified atom stereocenters. The van der Waals surface area contributed by atoms with Gasteiger partial charge >= 0.3 is 139 Å². The summed E-state index contributed by atoms with van der Waals surface area (Å²) in [5.74, 6) is 0. The van der Waals surface area contributed by atoms with Crippen molar-refractivity contribution in [2.45, 2.75) is 81.6 Å². The summed E-state index contributed by atoms with van der Waals surface area (Å²) in [6, 6.07) is 11.2. The molecule has 0 N–H and O–H groups in total. The Morgan fingerprint density at radius 2 is 1.14 bits per heavy atom. The summed E-state index contributed by atoms with van der Waals surface area (Å²) >= 11 is -2.03. The quantitative estimate of drug-likeness (QED) is 0.279. The van der Waals surface area contributed by atoms with E-state index in [1.165, 1.54) is 44.9 Å². The molecule has 0 aliphatic carbocycles. The number of unbranched alkanes of at least 4 members (excludes halogenated alkanes) is 3. The Bertz CT molecular complexity index is 322. The van der Waals surface area contributed by atoms with Crippen molar-refractivity contribution in [3.8, 4) is 0 Å². The molecule has 0 aliphatic heterocycles. The van der Waals surface area contributed by atoms with Gasteiger partial charge in [0.15, 0.2) is 0 Å². The van der Waals surface area contributed by atoms with Crippen LogP contribution in [0.25, 0.3) is 0 Å². The second-order valence-corrected chi connectivity index (χ2v) is 26.2. The Kier molecular flexibility index (Phi) is 10.7. The van der Waals surface area contributed by atoms with Gasteiger partial charge in [0.25, 0.3) is 0 Å². The zero-order valence-electron chi connectivity index (χ0n) is 14.7. The molecule has 1 aromatic rings. The zero-order chi connectivity index (χ0) is 15.4. The molecule has 1 aromatic carbocycles. The van der Waals surface area contributed by atoms with Crippen LogP contribution in [0.4, 0.5) is 0 Å². The fourth-order valence-corrected chi connectivity index (χ4v) is 25.3. The first-order chi connectivity index (χ1) is 10.3. The predicted octanol–water partition coefficient (Wildman–Crippen LogP) is 7.08. The molecule has 0 aliphatic rings. The van der Waals surface area contributed by atoms with Crippen molar-refractivity contribution in [3.63, 3.8) is 0 Å². The second kappa shape index (κ2) is 11.7. The molecule has 0 nitrogen and oxygen atoms in total. The molecule has 0 spiro atoms. The predicted molar refractivity (Wildman–Crippen MR) is 99.9 cm³/mol. The first kappa shape index (κ1) is 19.2. The SMILES string of the molecule is CCC[CH2][Pb]([CH2]CCC)([CH2]CCC)[CH2]Cc1ccccc1. The molecule has 21 heavy (non-hydrogen) atoms. The Morgan fingerprint density at radius 1 is 0.667 bits per heavy atom. The molecular weight excluding hydrogens is 447 g/mol. The minimum atomic E-state index is -2.03. The van der Waals surface area contributed by atoms with Crippen LogP contribution in [-0.4, -0.2) is 21.2 Å². The third-order valence-corrected chi connectivity index (χ3v) is 26.6. The Morgan fingerprint density at radius 3 is 1.57 bits per heavy atom. The third-order valence-electron chi connectivity index (χ3n) is 4.97. The second-order valence-electron chi connectivity index (χ2n) is 6.80. The van der Waals surface area contributed by atoms with Crippen molar-refractivity contribution in [1.29, 1.82) is 0 Å². The normalized spacial score (nSPS) is 11.8. The Hall–Kier alpha value is 0.142. The van der Waals surface area contributed by atoms with Crippen molar-refractivity contribution < 1.29 is 0 Å². The molecule has 0 atom stereocenters. The van der Waals surface area contributed by atoms with Gasteiger partial charge in [0.2, 0.25) is 0 Å². The Balaban J connectivity index is 2.69. The maximum absolute atomic E-state index is 2.37. The van der Waals surface area contributed by atoms with Crippen molar-refractivity contribution in [3.05, 3.63) is 35.9 Å². The van der Waals surface area contributed by atoms with E-state index in [0.29, 0.717) is 0 Å². The molecule has 0 saturated carbocycles. The van der Waals surface area contributed by atoms with Crippen LogP contribution in [0.2, 0.25) is 15.9 Å². The number of hydrogen-bond donors (Lipinski definition) is 0. The van der Waals surface area contributed by atoms with Gasteiger partial charge in [0.1, 0.15) is 0 Å². The molecule has 0 aromatic heterocycles. The summed E-state index contributed by atoms with van der Waals surface area (Å²) in [7, 11) is 0. The third kappa shape index (κ3) is 7.81. The van der Waals surface area contributed by atoms with E-state index in [1.807, 2.05) is 0 Å². The average molecular weight is 484 g/mol. The topological polar surface area (TPSA) is 0 Å². The van der Waals surface area contributed by atoms with E-state index in [1.54, 1.807) is 21.5 Å². The molecule has 0 fully saturated rings.